The summed E-state index contributed by atoms with van der Waals surface area (Å²) in [5.74, 6) is 4.23. The van der Waals surface area contributed by atoms with Gasteiger partial charge in [0.25, 0.3) is 0 Å². The topological polar surface area (TPSA) is 61.8 Å². The normalized spacial score (nSPS) is 38.8. The molecule has 0 spiro atoms. The Labute approximate surface area is 157 Å². The van der Waals surface area contributed by atoms with Gasteiger partial charge in [-0.2, -0.15) is 0 Å². The predicted octanol–water partition coefficient (Wildman–Crippen LogP) is 3.80. The van der Waals surface area contributed by atoms with Crippen molar-refractivity contribution in [2.24, 2.45) is 41.4 Å². The van der Waals surface area contributed by atoms with Gasteiger partial charge in [-0.1, -0.05) is 26.7 Å². The van der Waals surface area contributed by atoms with Gasteiger partial charge >= 0.3 is 11.9 Å². The van der Waals surface area contributed by atoms with E-state index in [4.69, 9.17) is 14.2 Å². The Balaban J connectivity index is 1.73. The van der Waals surface area contributed by atoms with Crippen LogP contribution in [0, 0.1) is 41.4 Å². The smallest absolute Gasteiger partial charge is 0.311 e. The third-order valence-electron chi connectivity index (χ3n) is 7.43. The maximum absolute atomic E-state index is 12.1. The van der Waals surface area contributed by atoms with Gasteiger partial charge < -0.3 is 14.2 Å². The lowest BCUT2D eigenvalue weighted by Crippen LogP contribution is -2.39. The lowest BCUT2D eigenvalue weighted by Gasteiger charge is -2.38. The lowest BCUT2D eigenvalue weighted by atomic mass is 9.69. The van der Waals surface area contributed by atoms with Gasteiger partial charge in [0.1, 0.15) is 6.10 Å². The highest BCUT2D eigenvalue weighted by atomic mass is 16.7. The summed E-state index contributed by atoms with van der Waals surface area (Å²) in [6, 6.07) is 0. The monoisotopic (exact) mass is 366 g/mol. The summed E-state index contributed by atoms with van der Waals surface area (Å²) in [6.07, 6.45) is 6.00. The van der Waals surface area contributed by atoms with Crippen molar-refractivity contribution in [2.45, 2.75) is 65.4 Å². The first-order valence-corrected chi connectivity index (χ1v) is 10.3. The first-order chi connectivity index (χ1) is 12.5. The van der Waals surface area contributed by atoms with E-state index < -0.39 is 0 Å². The van der Waals surface area contributed by atoms with Gasteiger partial charge in [-0.3, -0.25) is 9.59 Å². The van der Waals surface area contributed by atoms with E-state index in [1.165, 1.54) is 39.7 Å². The minimum atomic E-state index is -0.356. The van der Waals surface area contributed by atoms with Crippen molar-refractivity contribution in [1.29, 1.82) is 0 Å². The van der Waals surface area contributed by atoms with Crippen LogP contribution in [0.1, 0.15) is 59.3 Å². The summed E-state index contributed by atoms with van der Waals surface area (Å²) in [4.78, 5) is 23.8. The molecule has 3 aliphatic carbocycles. The fourth-order valence-electron chi connectivity index (χ4n) is 6.71. The van der Waals surface area contributed by atoms with E-state index in [1.54, 1.807) is 0 Å². The number of esters is 2. The molecule has 148 valence electrons. The van der Waals surface area contributed by atoms with Gasteiger partial charge in [0, 0.05) is 14.0 Å². The van der Waals surface area contributed by atoms with E-state index in [1.807, 2.05) is 0 Å². The fourth-order valence-corrected chi connectivity index (χ4v) is 6.71. The molecule has 0 aromatic rings. The zero-order chi connectivity index (χ0) is 18.8. The number of carbonyl (C=O) groups excluding carboxylic acids is 2. The summed E-state index contributed by atoms with van der Waals surface area (Å²) >= 11 is 0. The average molecular weight is 366 g/mol. The predicted molar refractivity (Wildman–Crippen MR) is 97.0 cm³/mol. The summed E-state index contributed by atoms with van der Waals surface area (Å²) in [5.41, 5.74) is 0. The molecule has 0 amide bonds. The molecule has 8 unspecified atom stereocenters. The molecule has 3 saturated carbocycles. The Kier molecular flexibility index (Phi) is 6.26. The molecule has 0 aliphatic heterocycles. The van der Waals surface area contributed by atoms with Crippen LogP contribution >= 0.6 is 0 Å². The van der Waals surface area contributed by atoms with Crippen LogP contribution in [0.2, 0.25) is 0 Å². The summed E-state index contributed by atoms with van der Waals surface area (Å²) < 4.78 is 15.5. The second-order valence-corrected chi connectivity index (χ2v) is 8.56. The van der Waals surface area contributed by atoms with Crippen LogP contribution < -0.4 is 0 Å². The van der Waals surface area contributed by atoms with Crippen molar-refractivity contribution < 1.29 is 23.8 Å². The van der Waals surface area contributed by atoms with Gasteiger partial charge in [0.15, 0.2) is 6.79 Å². The molecule has 0 radical (unpaired) electrons. The highest BCUT2D eigenvalue weighted by molar-refractivity contribution is 5.71. The molecule has 0 heterocycles. The Morgan fingerprint density at radius 3 is 2.35 bits per heavy atom. The third-order valence-corrected chi connectivity index (χ3v) is 7.43. The van der Waals surface area contributed by atoms with Crippen molar-refractivity contribution in [2.75, 3.05) is 13.9 Å². The van der Waals surface area contributed by atoms with Crippen molar-refractivity contribution in [3.05, 3.63) is 0 Å². The van der Waals surface area contributed by atoms with Crippen molar-refractivity contribution in [3.63, 3.8) is 0 Å². The molecular weight excluding hydrogens is 332 g/mol. The largest absolute Gasteiger partial charge is 0.462 e. The Morgan fingerprint density at radius 2 is 1.73 bits per heavy atom. The van der Waals surface area contributed by atoms with Crippen molar-refractivity contribution in [3.8, 4) is 0 Å². The van der Waals surface area contributed by atoms with Crippen LogP contribution in [0.25, 0.3) is 0 Å². The molecule has 8 atom stereocenters. The van der Waals surface area contributed by atoms with E-state index in [0.29, 0.717) is 11.8 Å². The molecule has 0 aromatic heterocycles. The summed E-state index contributed by atoms with van der Waals surface area (Å²) in [7, 11) is 1.49. The lowest BCUT2D eigenvalue weighted by molar-refractivity contribution is -0.164. The highest BCUT2D eigenvalue weighted by Gasteiger charge is 2.61. The summed E-state index contributed by atoms with van der Waals surface area (Å²) in [6.45, 7) is 6.02. The molecule has 0 N–H and O–H groups in total. The Morgan fingerprint density at radius 1 is 1.04 bits per heavy atom. The fraction of sp³-hybridized carbons (Fsp3) is 0.905. The number of hydrogen-bond acceptors (Lipinski definition) is 5. The number of methoxy groups -OCH3 is 1. The van der Waals surface area contributed by atoms with Crippen LogP contribution in [0.3, 0.4) is 0 Å². The molecule has 5 heteroatoms. The van der Waals surface area contributed by atoms with Crippen LogP contribution in [0.15, 0.2) is 0 Å². The Hall–Kier alpha value is -1.10. The minimum absolute atomic E-state index is 0.0524. The first-order valence-electron chi connectivity index (χ1n) is 10.3. The zero-order valence-electron chi connectivity index (χ0n) is 16.6. The Bertz CT molecular complexity index is 519. The zero-order valence-corrected chi connectivity index (χ0v) is 16.6. The van der Waals surface area contributed by atoms with E-state index in [2.05, 4.69) is 13.8 Å². The molecule has 26 heavy (non-hydrogen) atoms. The first kappa shape index (κ1) is 19.7. The maximum Gasteiger partial charge on any atom is 0.311 e. The third kappa shape index (κ3) is 3.64. The molecule has 3 rings (SSSR count). The van der Waals surface area contributed by atoms with Gasteiger partial charge in [-0.05, 0) is 60.7 Å². The second-order valence-electron chi connectivity index (χ2n) is 8.56. The van der Waals surface area contributed by atoms with Crippen LogP contribution in [-0.2, 0) is 23.8 Å². The van der Waals surface area contributed by atoms with Crippen LogP contribution in [0.5, 0.6) is 0 Å². The second kappa shape index (κ2) is 8.28. The quantitative estimate of drug-likeness (QED) is 0.483. The van der Waals surface area contributed by atoms with E-state index >= 15 is 0 Å². The molecule has 0 saturated heterocycles. The number of carbonyl (C=O) groups is 2. The van der Waals surface area contributed by atoms with Crippen LogP contribution in [-0.4, -0.2) is 31.9 Å². The molecule has 5 nitrogen and oxygen atoms in total. The minimum Gasteiger partial charge on any atom is -0.462 e. The van der Waals surface area contributed by atoms with E-state index in [9.17, 15) is 9.59 Å². The summed E-state index contributed by atoms with van der Waals surface area (Å²) in [5, 5.41) is 0. The van der Waals surface area contributed by atoms with Gasteiger partial charge in [-0.25, -0.2) is 0 Å². The molecule has 3 aliphatic rings. The highest BCUT2D eigenvalue weighted by Crippen LogP contribution is 2.66. The van der Waals surface area contributed by atoms with E-state index in [0.717, 1.165) is 36.0 Å². The molecule has 2 bridgehead atoms. The van der Waals surface area contributed by atoms with Gasteiger partial charge in [-0.15, -0.1) is 0 Å². The van der Waals surface area contributed by atoms with Gasteiger partial charge in [0.05, 0.1) is 6.42 Å². The SMILES string of the molecule is CCC1CC(CC)C2C3CC(CC3C(CC(=O)OCOC)OC(C)=O)C12. The average Bonchev–Trinajstić information content (AvgIpc) is 3.28. The van der Waals surface area contributed by atoms with Crippen molar-refractivity contribution in [1.82, 2.24) is 0 Å². The van der Waals surface area contributed by atoms with Gasteiger partial charge in [0.2, 0.25) is 0 Å². The molecular formula is C21H34O5. The molecule has 3 fully saturated rings. The number of fused-ring (bicyclic) bond motifs is 5. The molecule has 0 aromatic carbocycles. The number of hydrogen-bond donors (Lipinski definition) is 0. The number of rotatable bonds is 8. The van der Waals surface area contributed by atoms with Crippen molar-refractivity contribution >= 4 is 11.9 Å². The van der Waals surface area contributed by atoms with E-state index in [-0.39, 0.29) is 31.3 Å². The number of ether oxygens (including phenoxy) is 3. The van der Waals surface area contributed by atoms with Crippen LogP contribution in [0.4, 0.5) is 0 Å². The standard InChI is InChI=1S/C21H34O5/c1-5-13-7-14(6-2)21-17-9-15(20(13)21)8-16(17)18(26-12(3)22)10-19(23)25-11-24-4/h13-18,20-21H,5-11H2,1-4H3. The maximum atomic E-state index is 12.1.